The number of aromatic nitrogens is 1. The number of nitrogens with zero attached hydrogens (tertiary/aromatic N) is 2. The minimum Gasteiger partial charge on any atom is -0.337 e. The first-order chi connectivity index (χ1) is 13.6. The Morgan fingerprint density at radius 3 is 2.71 bits per heavy atom. The summed E-state index contributed by atoms with van der Waals surface area (Å²) in [6, 6.07) is 7.46. The largest absolute Gasteiger partial charge is 0.337 e. The van der Waals surface area contributed by atoms with E-state index in [4.69, 9.17) is 11.6 Å². The number of hydrogen-bond donors (Lipinski definition) is 2. The molecule has 1 aromatic carbocycles. The molecule has 0 atom stereocenters. The highest BCUT2D eigenvalue weighted by molar-refractivity contribution is 7.15. The predicted octanol–water partition coefficient (Wildman–Crippen LogP) is 3.99. The van der Waals surface area contributed by atoms with Gasteiger partial charge in [0.25, 0.3) is 0 Å². The Morgan fingerprint density at radius 1 is 1.21 bits per heavy atom. The van der Waals surface area contributed by atoms with Crippen molar-refractivity contribution >= 4 is 40.0 Å². The molecule has 1 aromatic heterocycles. The van der Waals surface area contributed by atoms with Crippen molar-refractivity contribution in [3.05, 3.63) is 45.4 Å². The molecule has 0 bridgehead atoms. The van der Waals surface area contributed by atoms with Crippen LogP contribution >= 0.6 is 22.9 Å². The van der Waals surface area contributed by atoms with Crippen LogP contribution in [0.3, 0.4) is 0 Å². The van der Waals surface area contributed by atoms with Crippen molar-refractivity contribution in [3.63, 3.8) is 0 Å². The molecular formula is C20H23ClN4O2S. The number of halogens is 1. The maximum Gasteiger partial charge on any atom is 0.321 e. The minimum absolute atomic E-state index is 0.0925. The Bertz CT molecular complexity index is 862. The van der Waals surface area contributed by atoms with Gasteiger partial charge in [0.05, 0.1) is 18.7 Å². The lowest BCUT2D eigenvalue weighted by Gasteiger charge is -2.26. The lowest BCUT2D eigenvalue weighted by Crippen LogP contribution is -2.36. The van der Waals surface area contributed by atoms with Gasteiger partial charge >= 0.3 is 6.03 Å². The van der Waals surface area contributed by atoms with Crippen molar-refractivity contribution in [2.45, 2.75) is 51.1 Å². The predicted molar refractivity (Wildman–Crippen MR) is 111 cm³/mol. The van der Waals surface area contributed by atoms with Crippen LogP contribution in [0, 0.1) is 0 Å². The van der Waals surface area contributed by atoms with E-state index in [9.17, 15) is 9.59 Å². The Kier molecular flexibility index (Phi) is 5.82. The molecule has 0 spiro atoms. The molecule has 28 heavy (non-hydrogen) atoms. The number of nitrogens with one attached hydrogen (secondary N) is 2. The normalized spacial score (nSPS) is 16.7. The number of benzene rings is 1. The summed E-state index contributed by atoms with van der Waals surface area (Å²) >= 11 is 7.36. The second-order valence-corrected chi connectivity index (χ2v) is 8.86. The van der Waals surface area contributed by atoms with Gasteiger partial charge in [-0.1, -0.05) is 47.9 Å². The number of carbonyl (C=O) groups is 2. The lowest BCUT2D eigenvalue weighted by atomic mass is 10.1. The number of anilines is 1. The molecule has 4 rings (SSSR count). The summed E-state index contributed by atoms with van der Waals surface area (Å²) in [5.41, 5.74) is 1.94. The molecule has 148 valence electrons. The number of carbonyl (C=O) groups excluding carboxylic acids is 2. The number of urea groups is 1. The third kappa shape index (κ3) is 4.64. The van der Waals surface area contributed by atoms with Crippen LogP contribution in [0.5, 0.6) is 0 Å². The molecule has 0 unspecified atom stereocenters. The van der Waals surface area contributed by atoms with Gasteiger partial charge in [-0.05, 0) is 30.5 Å². The molecular weight excluding hydrogens is 396 g/mol. The fraction of sp³-hybridized carbons (Fsp3) is 0.450. The zero-order valence-electron chi connectivity index (χ0n) is 15.5. The molecule has 1 fully saturated rings. The average molecular weight is 419 g/mol. The van der Waals surface area contributed by atoms with Crippen LogP contribution in [-0.2, 0) is 24.2 Å². The molecule has 0 saturated heterocycles. The van der Waals surface area contributed by atoms with E-state index in [1.807, 2.05) is 17.0 Å². The van der Waals surface area contributed by atoms with Crippen molar-refractivity contribution < 1.29 is 9.59 Å². The molecule has 8 heteroatoms. The second-order valence-electron chi connectivity index (χ2n) is 7.34. The zero-order valence-corrected chi connectivity index (χ0v) is 17.1. The van der Waals surface area contributed by atoms with Crippen molar-refractivity contribution in [1.29, 1.82) is 0 Å². The molecule has 2 heterocycles. The zero-order chi connectivity index (χ0) is 19.5. The van der Waals surface area contributed by atoms with Crippen molar-refractivity contribution in [3.8, 4) is 0 Å². The molecule has 6 nitrogen and oxygen atoms in total. The van der Waals surface area contributed by atoms with Gasteiger partial charge < -0.3 is 10.2 Å². The van der Waals surface area contributed by atoms with E-state index in [1.165, 1.54) is 24.2 Å². The summed E-state index contributed by atoms with van der Waals surface area (Å²) in [6.45, 7) is 1.20. The van der Waals surface area contributed by atoms with E-state index >= 15 is 0 Å². The monoisotopic (exact) mass is 418 g/mol. The summed E-state index contributed by atoms with van der Waals surface area (Å²) in [6.07, 6.45) is 5.52. The van der Waals surface area contributed by atoms with Crippen molar-refractivity contribution in [2.24, 2.45) is 0 Å². The van der Waals surface area contributed by atoms with Crippen molar-refractivity contribution in [1.82, 2.24) is 15.2 Å². The molecule has 2 aromatic rings. The molecule has 2 aliphatic rings. The van der Waals surface area contributed by atoms with Gasteiger partial charge in [-0.15, -0.1) is 0 Å². The lowest BCUT2D eigenvalue weighted by molar-refractivity contribution is -0.131. The number of rotatable bonds is 4. The summed E-state index contributed by atoms with van der Waals surface area (Å²) in [5.74, 6) is 0.0925. The van der Waals surface area contributed by atoms with Gasteiger partial charge in [-0.25, -0.2) is 9.78 Å². The van der Waals surface area contributed by atoms with Crippen LogP contribution in [0.25, 0.3) is 0 Å². The third-order valence-corrected chi connectivity index (χ3v) is 6.51. The fourth-order valence-electron chi connectivity index (χ4n) is 3.74. The van der Waals surface area contributed by atoms with E-state index in [-0.39, 0.29) is 18.0 Å². The van der Waals surface area contributed by atoms with Crippen LogP contribution in [-0.4, -0.2) is 34.4 Å². The van der Waals surface area contributed by atoms with Crippen LogP contribution < -0.4 is 10.6 Å². The summed E-state index contributed by atoms with van der Waals surface area (Å²) in [7, 11) is 0. The number of fused-ring (bicyclic) bond motifs is 1. The number of hydrogen-bond acceptors (Lipinski definition) is 4. The first-order valence-electron chi connectivity index (χ1n) is 9.65. The fourth-order valence-corrected chi connectivity index (χ4v) is 4.88. The van der Waals surface area contributed by atoms with Gasteiger partial charge in [-0.3, -0.25) is 10.1 Å². The number of thiazole rings is 1. The summed E-state index contributed by atoms with van der Waals surface area (Å²) in [4.78, 5) is 32.2. The van der Waals surface area contributed by atoms with Crippen LogP contribution in [0.1, 0.15) is 41.8 Å². The average Bonchev–Trinajstić information content (AvgIpc) is 3.31. The quantitative estimate of drug-likeness (QED) is 0.788. The Morgan fingerprint density at radius 2 is 1.96 bits per heavy atom. The molecule has 0 radical (unpaired) electrons. The first kappa shape index (κ1) is 19.2. The van der Waals surface area contributed by atoms with Gasteiger partial charge in [0.2, 0.25) is 5.91 Å². The van der Waals surface area contributed by atoms with E-state index in [2.05, 4.69) is 15.6 Å². The highest BCUT2D eigenvalue weighted by atomic mass is 35.5. The van der Waals surface area contributed by atoms with Gasteiger partial charge in [-0.2, -0.15) is 0 Å². The van der Waals surface area contributed by atoms with Gasteiger partial charge in [0.15, 0.2) is 5.13 Å². The summed E-state index contributed by atoms with van der Waals surface area (Å²) < 4.78 is 0. The van der Waals surface area contributed by atoms with Crippen molar-refractivity contribution in [2.75, 3.05) is 11.9 Å². The van der Waals surface area contributed by atoms with Crippen LogP contribution in [0.4, 0.5) is 9.93 Å². The standard InChI is InChI=1S/C20H23ClN4O2S/c21-14-7-5-13(6-8-14)11-18(26)25-10-9-16-17(12-25)28-20(23-16)24-19(27)22-15-3-1-2-4-15/h5-8,15H,1-4,9-12H2,(H2,22,23,24,27). The van der Waals surface area contributed by atoms with Gasteiger partial charge in [0.1, 0.15) is 0 Å². The summed E-state index contributed by atoms with van der Waals surface area (Å²) in [5, 5.41) is 7.14. The molecule has 2 N–H and O–H groups in total. The Balaban J connectivity index is 1.34. The van der Waals surface area contributed by atoms with Crippen LogP contribution in [0.15, 0.2) is 24.3 Å². The van der Waals surface area contributed by atoms with E-state index in [0.717, 1.165) is 29.0 Å². The Labute approximate surface area is 173 Å². The molecule has 1 saturated carbocycles. The van der Waals surface area contributed by atoms with Crippen LogP contribution in [0.2, 0.25) is 5.02 Å². The highest BCUT2D eigenvalue weighted by Crippen LogP contribution is 2.29. The first-order valence-corrected chi connectivity index (χ1v) is 10.8. The van der Waals surface area contributed by atoms with E-state index in [0.29, 0.717) is 36.1 Å². The topological polar surface area (TPSA) is 74.3 Å². The van der Waals surface area contributed by atoms with E-state index < -0.39 is 0 Å². The SMILES string of the molecule is O=C(Nc1nc2c(s1)CN(C(=O)Cc1ccc(Cl)cc1)CC2)NC1CCCC1. The highest BCUT2D eigenvalue weighted by Gasteiger charge is 2.25. The maximum absolute atomic E-state index is 12.6. The Hall–Kier alpha value is -2.12. The third-order valence-electron chi connectivity index (χ3n) is 5.26. The minimum atomic E-state index is -0.186. The molecule has 1 aliphatic carbocycles. The maximum atomic E-state index is 12.6. The number of amides is 3. The van der Waals surface area contributed by atoms with Gasteiger partial charge in [0, 0.05) is 28.9 Å². The smallest absolute Gasteiger partial charge is 0.321 e. The molecule has 1 aliphatic heterocycles. The second kappa shape index (κ2) is 8.49. The molecule has 3 amide bonds. The van der Waals surface area contributed by atoms with E-state index in [1.54, 1.807) is 12.1 Å².